The molecule has 0 saturated carbocycles. The Hall–Kier alpha value is -4.01. The Morgan fingerprint density at radius 3 is 2.28 bits per heavy atom. The van der Waals surface area contributed by atoms with Crippen LogP contribution < -0.4 is 9.30 Å². The number of hydrogen-bond donors (Lipinski definition) is 2. The minimum atomic E-state index is -4.52. The molecule has 2 N–H and O–H groups in total. The van der Waals surface area contributed by atoms with E-state index in [9.17, 15) is 22.9 Å². The van der Waals surface area contributed by atoms with Crippen LogP contribution in [-0.2, 0) is 30.0 Å². The Morgan fingerprint density at radius 1 is 0.917 bits per heavy atom. The highest BCUT2D eigenvalue weighted by Crippen LogP contribution is 2.40. The molecule has 0 aliphatic heterocycles. The number of aromatic nitrogens is 1. The summed E-state index contributed by atoms with van der Waals surface area (Å²) in [5.41, 5.74) is 7.70. The second-order valence-electron chi connectivity index (χ2n) is 8.71. The van der Waals surface area contributed by atoms with E-state index in [0.717, 1.165) is 46.5 Å². The molecule has 1 heterocycles. The molecule has 0 unspecified atom stereocenters. The molecule has 5 rings (SSSR count). The first-order valence-electron chi connectivity index (χ1n) is 11.3. The summed E-state index contributed by atoms with van der Waals surface area (Å²) in [6, 6.07) is 21.6. The third kappa shape index (κ3) is 4.04. The second-order valence-corrected chi connectivity index (χ2v) is 10.1. The standard InChI is InChI=1S/C28H23NO6S/c1-29-24(18-7-9-19(10-8-18)28(30)31)16-23(20-12-14-25(35-2)26(15-20)36(32,33)34)22-13-11-17-5-3-4-6-21(17)27(22)29/h3-10,12,14-16H,11,13H2,1-2H3,(H-,30,31,32,33,34)/p+1. The van der Waals surface area contributed by atoms with Gasteiger partial charge in [-0.15, -0.1) is 0 Å². The van der Waals surface area contributed by atoms with Crippen molar-refractivity contribution in [2.45, 2.75) is 17.7 Å². The second kappa shape index (κ2) is 8.89. The summed E-state index contributed by atoms with van der Waals surface area (Å²) in [4.78, 5) is 11.1. The number of hydrogen-bond acceptors (Lipinski definition) is 4. The number of carboxylic acid groups (broad SMARTS) is 1. The molecule has 182 valence electrons. The molecule has 0 saturated heterocycles. The van der Waals surface area contributed by atoms with Crippen molar-refractivity contribution in [3.63, 3.8) is 0 Å². The summed E-state index contributed by atoms with van der Waals surface area (Å²) < 4.78 is 41.3. The Balaban J connectivity index is 1.82. The van der Waals surface area contributed by atoms with Gasteiger partial charge in [-0.2, -0.15) is 13.0 Å². The predicted octanol–water partition coefficient (Wildman–Crippen LogP) is 4.56. The molecule has 1 aliphatic carbocycles. The van der Waals surface area contributed by atoms with E-state index in [2.05, 4.69) is 16.7 Å². The highest BCUT2D eigenvalue weighted by atomic mass is 32.2. The number of carboxylic acids is 1. The lowest BCUT2D eigenvalue weighted by molar-refractivity contribution is -0.649. The molecule has 0 bridgehead atoms. The van der Waals surface area contributed by atoms with E-state index in [-0.39, 0.29) is 16.2 Å². The zero-order valence-electron chi connectivity index (χ0n) is 19.7. The number of ether oxygens (including phenoxy) is 1. The van der Waals surface area contributed by atoms with Gasteiger partial charge in [-0.1, -0.05) is 24.3 Å². The SMILES string of the molecule is COc1ccc(-c2cc(-c3ccc(C(=O)O)cc3)[n+](C)c3c2CCc2ccccc2-3)cc1S(=O)(=O)O. The molecule has 0 fully saturated rings. The first kappa shape index (κ1) is 23.7. The molecule has 7 nitrogen and oxygen atoms in total. The van der Waals surface area contributed by atoms with Gasteiger partial charge in [0.2, 0.25) is 11.4 Å². The van der Waals surface area contributed by atoms with Crippen LogP contribution in [0.3, 0.4) is 0 Å². The third-order valence-electron chi connectivity index (χ3n) is 6.69. The molecule has 3 aromatic carbocycles. The van der Waals surface area contributed by atoms with Gasteiger partial charge >= 0.3 is 5.97 Å². The smallest absolute Gasteiger partial charge is 0.335 e. The number of carbonyl (C=O) groups is 1. The summed E-state index contributed by atoms with van der Waals surface area (Å²) in [7, 11) is -1.19. The Labute approximate surface area is 209 Å². The summed E-state index contributed by atoms with van der Waals surface area (Å²) in [5, 5.41) is 9.31. The van der Waals surface area contributed by atoms with Crippen molar-refractivity contribution < 1.29 is 32.2 Å². The van der Waals surface area contributed by atoms with Crippen molar-refractivity contribution in [3.05, 3.63) is 89.5 Å². The number of rotatable bonds is 5. The van der Waals surface area contributed by atoms with E-state index < -0.39 is 16.1 Å². The average Bonchev–Trinajstić information content (AvgIpc) is 2.88. The fourth-order valence-corrected chi connectivity index (χ4v) is 5.64. The monoisotopic (exact) mass is 502 g/mol. The lowest BCUT2D eigenvalue weighted by Crippen LogP contribution is -2.37. The van der Waals surface area contributed by atoms with Gasteiger partial charge < -0.3 is 9.84 Å². The number of fused-ring (bicyclic) bond motifs is 3. The number of benzene rings is 3. The number of methoxy groups -OCH3 is 1. The third-order valence-corrected chi connectivity index (χ3v) is 7.56. The molecule has 0 spiro atoms. The van der Waals surface area contributed by atoms with Crippen molar-refractivity contribution in [3.8, 4) is 39.4 Å². The molecule has 1 aliphatic rings. The first-order chi connectivity index (χ1) is 17.2. The summed E-state index contributed by atoms with van der Waals surface area (Å²) in [5.74, 6) is -0.937. The largest absolute Gasteiger partial charge is 0.495 e. The van der Waals surface area contributed by atoms with Gasteiger partial charge in [-0.05, 0) is 72.0 Å². The van der Waals surface area contributed by atoms with Crippen LogP contribution in [0.4, 0.5) is 0 Å². The minimum absolute atomic E-state index is 0.0615. The molecule has 0 amide bonds. The maximum absolute atomic E-state index is 12.1. The zero-order chi connectivity index (χ0) is 25.6. The van der Waals surface area contributed by atoms with Crippen molar-refractivity contribution in [2.24, 2.45) is 7.05 Å². The van der Waals surface area contributed by atoms with E-state index in [1.807, 2.05) is 25.2 Å². The van der Waals surface area contributed by atoms with Crippen molar-refractivity contribution in [1.29, 1.82) is 0 Å². The predicted molar refractivity (Wildman–Crippen MR) is 135 cm³/mol. The topological polar surface area (TPSA) is 105 Å². The molecule has 0 radical (unpaired) electrons. The number of pyridine rings is 1. The zero-order valence-corrected chi connectivity index (χ0v) is 20.5. The van der Waals surface area contributed by atoms with E-state index >= 15 is 0 Å². The van der Waals surface area contributed by atoms with Crippen molar-refractivity contribution >= 4 is 16.1 Å². The molecule has 1 aromatic heterocycles. The lowest BCUT2D eigenvalue weighted by atomic mass is 9.83. The van der Waals surface area contributed by atoms with Crippen LogP contribution in [0, 0.1) is 0 Å². The minimum Gasteiger partial charge on any atom is -0.495 e. The highest BCUT2D eigenvalue weighted by Gasteiger charge is 2.31. The van der Waals surface area contributed by atoms with Gasteiger partial charge in [0, 0.05) is 22.8 Å². The van der Waals surface area contributed by atoms with Gasteiger partial charge in [0.15, 0.2) is 0 Å². The quantitative estimate of drug-likeness (QED) is 0.306. The van der Waals surface area contributed by atoms with Crippen LogP contribution in [0.5, 0.6) is 5.75 Å². The van der Waals surface area contributed by atoms with Crippen LogP contribution in [-0.4, -0.2) is 31.2 Å². The average molecular weight is 503 g/mol. The fraction of sp³-hybridized carbons (Fsp3) is 0.143. The summed E-state index contributed by atoms with van der Waals surface area (Å²) in [6.45, 7) is 0. The maximum atomic E-state index is 12.1. The number of nitrogens with zero attached hydrogens (tertiary/aromatic N) is 1. The van der Waals surface area contributed by atoms with Crippen LogP contribution in [0.2, 0.25) is 0 Å². The Morgan fingerprint density at radius 2 is 1.61 bits per heavy atom. The Bertz CT molecular complexity index is 1630. The van der Waals surface area contributed by atoms with E-state index in [1.54, 1.807) is 30.3 Å². The summed E-state index contributed by atoms with van der Waals surface area (Å²) >= 11 is 0. The Kier molecular flexibility index (Phi) is 5.86. The lowest BCUT2D eigenvalue weighted by Gasteiger charge is -2.22. The van der Waals surface area contributed by atoms with Crippen LogP contribution >= 0.6 is 0 Å². The van der Waals surface area contributed by atoms with E-state index in [0.29, 0.717) is 5.56 Å². The van der Waals surface area contributed by atoms with Crippen LogP contribution in [0.15, 0.2) is 77.7 Å². The molecule has 36 heavy (non-hydrogen) atoms. The van der Waals surface area contributed by atoms with Gasteiger partial charge in [-0.3, -0.25) is 4.55 Å². The fourth-order valence-electron chi connectivity index (χ4n) is 4.96. The molecule has 8 heteroatoms. The number of aryl methyl sites for hydroxylation is 1. The van der Waals surface area contributed by atoms with Crippen LogP contribution in [0.1, 0.15) is 21.5 Å². The van der Waals surface area contributed by atoms with Gasteiger partial charge in [0.05, 0.1) is 12.7 Å². The highest BCUT2D eigenvalue weighted by molar-refractivity contribution is 7.86. The summed E-state index contributed by atoms with van der Waals surface area (Å²) in [6.07, 6.45) is 1.59. The molecule has 4 aromatic rings. The maximum Gasteiger partial charge on any atom is 0.335 e. The normalized spacial score (nSPS) is 12.5. The van der Waals surface area contributed by atoms with Crippen molar-refractivity contribution in [1.82, 2.24) is 0 Å². The van der Waals surface area contributed by atoms with Gasteiger partial charge in [0.1, 0.15) is 17.7 Å². The van der Waals surface area contributed by atoms with Gasteiger partial charge in [0.25, 0.3) is 10.1 Å². The van der Waals surface area contributed by atoms with E-state index in [4.69, 9.17) is 4.74 Å². The van der Waals surface area contributed by atoms with Crippen molar-refractivity contribution in [2.75, 3.05) is 7.11 Å². The molecule has 0 atom stereocenters. The van der Waals surface area contributed by atoms with Gasteiger partial charge in [-0.25, -0.2) is 4.79 Å². The first-order valence-corrected chi connectivity index (χ1v) is 12.8. The van der Waals surface area contributed by atoms with E-state index in [1.165, 1.54) is 24.8 Å². The van der Waals surface area contributed by atoms with Crippen LogP contribution in [0.25, 0.3) is 33.6 Å². The number of aromatic carboxylic acids is 1. The molecular weight excluding hydrogens is 478 g/mol. The molecular formula is C28H24NO6S+.